The topological polar surface area (TPSA) is 66.9 Å². The van der Waals surface area contributed by atoms with E-state index in [1.807, 2.05) is 59.5 Å². The summed E-state index contributed by atoms with van der Waals surface area (Å²) < 4.78 is 4.13. The van der Waals surface area contributed by atoms with Crippen LogP contribution >= 0.6 is 11.6 Å². The van der Waals surface area contributed by atoms with Gasteiger partial charge >= 0.3 is 0 Å². The Morgan fingerprint density at radius 1 is 0.718 bits per heavy atom. The van der Waals surface area contributed by atoms with E-state index in [0.29, 0.717) is 19.0 Å². The summed E-state index contributed by atoms with van der Waals surface area (Å²) in [6, 6.07) is 29.0. The smallest absolute Gasteiger partial charge is 0.0994 e. The molecule has 6 aromatic rings. The standard InChI is InChI=1S/C18H21N3O.C14H11ClN2/c1-18(2,22)12-19-11-17-16(14-6-4-3-5-7-14)9-8-15-10-20-13-21(15)17;15-8-14-13(11-4-2-1-3-5-11)7-6-12-9-16-10-17(12)14/h3-10,13,19,22H,11-12H2,1-2H3;1-7,9-10H,8H2. The minimum atomic E-state index is -0.726. The van der Waals surface area contributed by atoms with Gasteiger partial charge in [-0.05, 0) is 37.1 Å². The van der Waals surface area contributed by atoms with E-state index in [-0.39, 0.29) is 0 Å². The third kappa shape index (κ3) is 6.20. The Bertz CT molecular complexity index is 1650. The van der Waals surface area contributed by atoms with Gasteiger partial charge < -0.3 is 19.2 Å². The van der Waals surface area contributed by atoms with E-state index >= 15 is 0 Å². The fraction of sp³-hybridized carbons (Fsp3) is 0.188. The van der Waals surface area contributed by atoms with Gasteiger partial charge in [-0.15, -0.1) is 11.6 Å². The van der Waals surface area contributed by atoms with Gasteiger partial charge in [0.25, 0.3) is 0 Å². The molecule has 6 nitrogen and oxygen atoms in total. The predicted octanol–water partition coefficient (Wildman–Crippen LogP) is 6.60. The van der Waals surface area contributed by atoms with E-state index in [4.69, 9.17) is 11.6 Å². The second-order valence-electron chi connectivity index (χ2n) is 10.0. The molecule has 0 aliphatic heterocycles. The molecule has 4 heterocycles. The van der Waals surface area contributed by atoms with E-state index < -0.39 is 5.60 Å². The van der Waals surface area contributed by atoms with Crippen LogP contribution in [0.4, 0.5) is 0 Å². The van der Waals surface area contributed by atoms with Crippen LogP contribution in [0.2, 0.25) is 0 Å². The van der Waals surface area contributed by atoms with Gasteiger partial charge in [-0.25, -0.2) is 9.97 Å². The molecule has 0 bridgehead atoms. The lowest BCUT2D eigenvalue weighted by molar-refractivity contribution is 0.0794. The van der Waals surface area contributed by atoms with E-state index in [1.54, 1.807) is 20.2 Å². The number of hydrogen-bond acceptors (Lipinski definition) is 4. The number of nitrogens with zero attached hydrogens (tertiary/aromatic N) is 4. The van der Waals surface area contributed by atoms with Crippen LogP contribution < -0.4 is 5.32 Å². The summed E-state index contributed by atoms with van der Waals surface area (Å²) in [6.07, 6.45) is 7.33. The molecule has 0 radical (unpaired) electrons. The average molecular weight is 538 g/mol. The summed E-state index contributed by atoms with van der Waals surface area (Å²) in [5, 5.41) is 13.2. The first kappa shape index (κ1) is 26.6. The second kappa shape index (κ2) is 11.8. The Labute approximate surface area is 233 Å². The maximum Gasteiger partial charge on any atom is 0.0994 e. The molecule has 0 aliphatic rings. The van der Waals surface area contributed by atoms with Gasteiger partial charge in [-0.1, -0.05) is 72.8 Å². The molecule has 4 aromatic heterocycles. The van der Waals surface area contributed by atoms with Crippen molar-refractivity contribution in [2.45, 2.75) is 31.9 Å². The van der Waals surface area contributed by atoms with Crippen molar-refractivity contribution in [1.29, 1.82) is 0 Å². The zero-order valence-electron chi connectivity index (χ0n) is 22.1. The number of pyridine rings is 2. The molecule has 0 unspecified atom stereocenters. The summed E-state index contributed by atoms with van der Waals surface area (Å²) >= 11 is 6.07. The van der Waals surface area contributed by atoms with Gasteiger partial charge in [0.1, 0.15) is 0 Å². The highest BCUT2D eigenvalue weighted by Gasteiger charge is 2.14. The monoisotopic (exact) mass is 537 g/mol. The Kier molecular flexibility index (Phi) is 8.07. The number of imidazole rings is 2. The second-order valence-corrected chi connectivity index (χ2v) is 10.3. The van der Waals surface area contributed by atoms with Crippen molar-refractivity contribution in [3.05, 3.63) is 121 Å². The fourth-order valence-electron chi connectivity index (χ4n) is 4.66. The SMILES string of the molecule is CC(C)(O)CNCc1c(-c2ccccc2)ccc2cncn12.ClCc1c(-c2ccccc2)ccc2cncn12. The summed E-state index contributed by atoms with van der Waals surface area (Å²) in [5.74, 6) is 0.470. The number of hydrogen-bond donors (Lipinski definition) is 2. The lowest BCUT2D eigenvalue weighted by Gasteiger charge is -2.19. The maximum atomic E-state index is 9.87. The Morgan fingerprint density at radius 2 is 1.21 bits per heavy atom. The largest absolute Gasteiger partial charge is 0.389 e. The molecule has 0 aliphatic carbocycles. The number of benzene rings is 2. The van der Waals surface area contributed by atoms with Crippen molar-refractivity contribution in [3.8, 4) is 22.3 Å². The van der Waals surface area contributed by atoms with E-state index in [0.717, 1.165) is 28.0 Å². The Balaban J connectivity index is 0.000000163. The molecule has 7 heteroatoms. The molecule has 0 saturated heterocycles. The van der Waals surface area contributed by atoms with Crippen LogP contribution in [0.15, 0.2) is 110 Å². The third-order valence-corrected chi connectivity index (χ3v) is 6.78. The van der Waals surface area contributed by atoms with Crippen LogP contribution in [-0.2, 0) is 12.4 Å². The maximum absolute atomic E-state index is 9.87. The molecular weight excluding hydrogens is 506 g/mol. The first-order chi connectivity index (χ1) is 18.9. The average Bonchev–Trinajstić information content (AvgIpc) is 3.63. The number of aromatic nitrogens is 4. The highest BCUT2D eigenvalue weighted by atomic mass is 35.5. The number of nitrogens with one attached hydrogen (secondary N) is 1. The lowest BCUT2D eigenvalue weighted by atomic mass is 10.0. The Hall–Kier alpha value is -3.97. The van der Waals surface area contributed by atoms with Crippen molar-refractivity contribution >= 4 is 22.6 Å². The molecule has 0 fully saturated rings. The molecule has 198 valence electrons. The fourth-order valence-corrected chi connectivity index (χ4v) is 4.93. The van der Waals surface area contributed by atoms with Gasteiger partial charge in [-0.2, -0.15) is 0 Å². The van der Waals surface area contributed by atoms with E-state index in [2.05, 4.69) is 68.2 Å². The van der Waals surface area contributed by atoms with Crippen LogP contribution in [0.5, 0.6) is 0 Å². The van der Waals surface area contributed by atoms with Crippen molar-refractivity contribution in [1.82, 2.24) is 24.1 Å². The highest BCUT2D eigenvalue weighted by Crippen LogP contribution is 2.27. The van der Waals surface area contributed by atoms with Crippen LogP contribution in [0.3, 0.4) is 0 Å². The van der Waals surface area contributed by atoms with E-state index in [1.165, 1.54) is 16.7 Å². The summed E-state index contributed by atoms with van der Waals surface area (Å²) in [4.78, 5) is 8.39. The van der Waals surface area contributed by atoms with E-state index in [9.17, 15) is 5.11 Å². The van der Waals surface area contributed by atoms with Crippen molar-refractivity contribution in [3.63, 3.8) is 0 Å². The van der Waals surface area contributed by atoms with Gasteiger partial charge in [-0.3, -0.25) is 0 Å². The van der Waals surface area contributed by atoms with Gasteiger partial charge in [0.05, 0.1) is 47.6 Å². The Morgan fingerprint density at radius 3 is 1.69 bits per heavy atom. The van der Waals surface area contributed by atoms with Crippen LogP contribution in [0.25, 0.3) is 33.3 Å². The zero-order valence-corrected chi connectivity index (χ0v) is 22.9. The number of halogens is 1. The number of rotatable bonds is 7. The zero-order chi connectivity index (χ0) is 27.2. The van der Waals surface area contributed by atoms with Gasteiger partial charge in [0.2, 0.25) is 0 Å². The summed E-state index contributed by atoms with van der Waals surface area (Å²) in [7, 11) is 0. The van der Waals surface area contributed by atoms with Crippen LogP contribution in [-0.4, -0.2) is 36.0 Å². The number of fused-ring (bicyclic) bond motifs is 2. The number of aliphatic hydroxyl groups is 1. The van der Waals surface area contributed by atoms with Gasteiger partial charge in [0, 0.05) is 35.6 Å². The summed E-state index contributed by atoms with van der Waals surface area (Å²) in [5.41, 5.74) is 8.33. The molecule has 39 heavy (non-hydrogen) atoms. The first-order valence-corrected chi connectivity index (χ1v) is 13.5. The predicted molar refractivity (Wildman–Crippen MR) is 159 cm³/mol. The molecular formula is C32H32ClN5O. The molecule has 0 amide bonds. The van der Waals surface area contributed by atoms with Crippen molar-refractivity contribution < 1.29 is 5.11 Å². The molecule has 0 atom stereocenters. The van der Waals surface area contributed by atoms with Gasteiger partial charge in [0.15, 0.2) is 0 Å². The number of alkyl halides is 1. The summed E-state index contributed by atoms with van der Waals surface area (Å²) in [6.45, 7) is 4.81. The van der Waals surface area contributed by atoms with Crippen molar-refractivity contribution in [2.75, 3.05) is 6.54 Å². The minimum absolute atomic E-state index is 0.470. The molecule has 2 N–H and O–H groups in total. The quantitative estimate of drug-likeness (QED) is 0.225. The molecule has 0 spiro atoms. The van der Waals surface area contributed by atoms with Crippen molar-refractivity contribution in [2.24, 2.45) is 0 Å². The normalized spacial score (nSPS) is 11.5. The van der Waals surface area contributed by atoms with Crippen LogP contribution in [0.1, 0.15) is 25.2 Å². The molecule has 2 aromatic carbocycles. The first-order valence-electron chi connectivity index (χ1n) is 12.9. The lowest BCUT2D eigenvalue weighted by Crippen LogP contribution is -2.34. The highest BCUT2D eigenvalue weighted by molar-refractivity contribution is 6.17. The molecule has 0 saturated carbocycles. The van der Waals surface area contributed by atoms with Crippen LogP contribution in [0, 0.1) is 0 Å². The third-order valence-electron chi connectivity index (χ3n) is 6.53. The molecule has 6 rings (SSSR count). The minimum Gasteiger partial charge on any atom is -0.389 e.